The second kappa shape index (κ2) is 4.64. The molecule has 0 saturated heterocycles. The van der Waals surface area contributed by atoms with Crippen LogP contribution in [0.5, 0.6) is 0 Å². The molecule has 0 aromatic heterocycles. The maximum atomic E-state index is 5.75. The fraction of sp³-hybridized carbons (Fsp3) is 0.200. The first-order valence-corrected chi connectivity index (χ1v) is 4.43. The first kappa shape index (κ1) is 10.6. The molecule has 0 heterocycles. The molecule has 1 aromatic rings. The minimum absolute atomic E-state index is 0.00482. The Balaban J connectivity index is 2.93. The largest absolute Gasteiger partial charge is 0.403 e. The van der Waals surface area contributed by atoms with Crippen LogP contribution in [0.1, 0.15) is 18.5 Å². The third kappa shape index (κ3) is 2.48. The molecular weight excluding hydrogens is 176 g/mol. The Morgan fingerprint density at radius 2 is 2.14 bits per heavy atom. The van der Waals surface area contributed by atoms with Gasteiger partial charge in [-0.3, -0.25) is 5.01 Å². The van der Waals surface area contributed by atoms with E-state index in [1.165, 1.54) is 11.2 Å². The Morgan fingerprint density at radius 1 is 1.43 bits per heavy atom. The molecule has 14 heavy (non-hydrogen) atoms. The van der Waals surface area contributed by atoms with Crippen LogP contribution in [0.3, 0.4) is 0 Å². The molecule has 4 nitrogen and oxygen atoms in total. The van der Waals surface area contributed by atoms with E-state index in [1.54, 1.807) is 6.20 Å². The van der Waals surface area contributed by atoms with Crippen LogP contribution in [-0.4, -0.2) is 0 Å². The Bertz CT molecular complexity index is 320. The van der Waals surface area contributed by atoms with Gasteiger partial charge in [0.25, 0.3) is 0 Å². The third-order valence-electron chi connectivity index (χ3n) is 1.94. The van der Waals surface area contributed by atoms with Gasteiger partial charge in [0.15, 0.2) is 0 Å². The molecule has 0 radical (unpaired) electrons. The summed E-state index contributed by atoms with van der Waals surface area (Å²) in [5.74, 6) is 5.70. The monoisotopic (exact) mass is 192 g/mol. The van der Waals surface area contributed by atoms with Crippen molar-refractivity contribution in [3.63, 3.8) is 0 Å². The predicted octanol–water partition coefficient (Wildman–Crippen LogP) is 0.816. The van der Waals surface area contributed by atoms with E-state index >= 15 is 0 Å². The highest BCUT2D eigenvalue weighted by atomic mass is 15.4. The fourth-order valence-electron chi connectivity index (χ4n) is 1.15. The Labute approximate surface area is 84.0 Å². The van der Waals surface area contributed by atoms with Crippen LogP contribution < -0.4 is 22.3 Å². The minimum atomic E-state index is 0.00482. The minimum Gasteiger partial charge on any atom is -0.403 e. The van der Waals surface area contributed by atoms with Gasteiger partial charge in [-0.25, -0.2) is 5.84 Å². The number of hydrogen-bond acceptors (Lipinski definition) is 4. The molecule has 0 aliphatic carbocycles. The Morgan fingerprint density at radius 3 is 2.71 bits per heavy atom. The van der Waals surface area contributed by atoms with E-state index in [1.807, 2.05) is 31.2 Å². The van der Waals surface area contributed by atoms with E-state index in [2.05, 4.69) is 0 Å². The average Bonchev–Trinajstić information content (AvgIpc) is 2.18. The van der Waals surface area contributed by atoms with E-state index in [-0.39, 0.29) is 6.04 Å². The zero-order valence-corrected chi connectivity index (χ0v) is 8.22. The third-order valence-corrected chi connectivity index (χ3v) is 1.94. The standard InChI is InChI=1S/C10H16N4/c1-8(12)9-3-2-4-10(7-9)14(13)6-5-11/h2-8H,11-13H2,1H3/b6-5-. The molecule has 0 amide bonds. The average molecular weight is 192 g/mol. The summed E-state index contributed by atoms with van der Waals surface area (Å²) >= 11 is 0. The summed E-state index contributed by atoms with van der Waals surface area (Å²) in [6.45, 7) is 1.93. The highest BCUT2D eigenvalue weighted by Gasteiger charge is 2.02. The molecule has 1 unspecified atom stereocenters. The van der Waals surface area contributed by atoms with Crippen LogP contribution in [0, 0.1) is 0 Å². The van der Waals surface area contributed by atoms with Crippen molar-refractivity contribution in [1.82, 2.24) is 0 Å². The molecule has 1 rings (SSSR count). The van der Waals surface area contributed by atoms with Crippen molar-refractivity contribution in [2.75, 3.05) is 5.01 Å². The second-order valence-electron chi connectivity index (χ2n) is 3.13. The van der Waals surface area contributed by atoms with Crippen molar-refractivity contribution in [1.29, 1.82) is 0 Å². The number of nitrogens with zero attached hydrogens (tertiary/aromatic N) is 1. The van der Waals surface area contributed by atoms with Crippen molar-refractivity contribution in [3.8, 4) is 0 Å². The van der Waals surface area contributed by atoms with Gasteiger partial charge in [0.05, 0.1) is 5.69 Å². The first-order valence-electron chi connectivity index (χ1n) is 4.43. The van der Waals surface area contributed by atoms with Gasteiger partial charge in [-0.1, -0.05) is 12.1 Å². The number of benzene rings is 1. The molecule has 1 atom stereocenters. The number of anilines is 1. The summed E-state index contributed by atoms with van der Waals surface area (Å²) in [5, 5.41) is 1.45. The van der Waals surface area contributed by atoms with Gasteiger partial charge in [-0.15, -0.1) is 0 Å². The van der Waals surface area contributed by atoms with Gasteiger partial charge in [0.2, 0.25) is 0 Å². The lowest BCUT2D eigenvalue weighted by Gasteiger charge is -2.15. The lowest BCUT2D eigenvalue weighted by Crippen LogP contribution is -2.24. The summed E-state index contributed by atoms with van der Waals surface area (Å²) in [5.41, 5.74) is 12.9. The molecule has 0 aliphatic rings. The Hall–Kier alpha value is -1.52. The van der Waals surface area contributed by atoms with Gasteiger partial charge in [0.1, 0.15) is 0 Å². The molecule has 0 fully saturated rings. The molecule has 0 aliphatic heterocycles. The summed E-state index contributed by atoms with van der Waals surface area (Å²) < 4.78 is 0. The van der Waals surface area contributed by atoms with Crippen LogP contribution in [0.15, 0.2) is 36.7 Å². The lowest BCUT2D eigenvalue weighted by molar-refractivity contribution is 0.817. The van der Waals surface area contributed by atoms with Crippen LogP contribution >= 0.6 is 0 Å². The summed E-state index contributed by atoms with van der Waals surface area (Å²) in [7, 11) is 0. The van der Waals surface area contributed by atoms with Gasteiger partial charge in [0, 0.05) is 18.4 Å². The number of hydrazine groups is 1. The Kier molecular flexibility index (Phi) is 3.50. The fourth-order valence-corrected chi connectivity index (χ4v) is 1.15. The molecule has 6 N–H and O–H groups in total. The van der Waals surface area contributed by atoms with E-state index in [0.717, 1.165) is 11.3 Å². The summed E-state index contributed by atoms with van der Waals surface area (Å²) in [4.78, 5) is 0. The van der Waals surface area contributed by atoms with Gasteiger partial charge in [-0.2, -0.15) is 0 Å². The van der Waals surface area contributed by atoms with Gasteiger partial charge in [-0.05, 0) is 24.6 Å². The topological polar surface area (TPSA) is 81.3 Å². The smallest absolute Gasteiger partial charge is 0.0572 e. The first-order chi connectivity index (χ1) is 6.65. The van der Waals surface area contributed by atoms with E-state index in [4.69, 9.17) is 17.3 Å². The highest BCUT2D eigenvalue weighted by molar-refractivity contribution is 5.49. The quantitative estimate of drug-likeness (QED) is 0.489. The van der Waals surface area contributed by atoms with Gasteiger partial charge >= 0.3 is 0 Å². The molecular formula is C10H16N4. The second-order valence-corrected chi connectivity index (χ2v) is 3.13. The van der Waals surface area contributed by atoms with Crippen molar-refractivity contribution in [2.24, 2.45) is 17.3 Å². The zero-order valence-electron chi connectivity index (χ0n) is 8.22. The van der Waals surface area contributed by atoms with Crippen molar-refractivity contribution < 1.29 is 0 Å². The summed E-state index contributed by atoms with van der Waals surface area (Å²) in [6.07, 6.45) is 2.97. The van der Waals surface area contributed by atoms with Crippen LogP contribution in [0.25, 0.3) is 0 Å². The molecule has 0 saturated carbocycles. The van der Waals surface area contributed by atoms with Crippen LogP contribution in [-0.2, 0) is 0 Å². The van der Waals surface area contributed by atoms with Crippen molar-refractivity contribution >= 4 is 5.69 Å². The summed E-state index contributed by atoms with van der Waals surface area (Å²) in [6, 6.07) is 7.72. The molecule has 0 bridgehead atoms. The number of hydrogen-bond donors (Lipinski definition) is 3. The van der Waals surface area contributed by atoms with E-state index in [9.17, 15) is 0 Å². The number of nitrogens with two attached hydrogens (primary N) is 3. The molecule has 0 spiro atoms. The highest BCUT2D eigenvalue weighted by Crippen LogP contribution is 2.17. The van der Waals surface area contributed by atoms with Crippen LogP contribution in [0.2, 0.25) is 0 Å². The SMILES string of the molecule is CC(N)c1cccc(N(N)/C=C\N)c1. The molecule has 76 valence electrons. The van der Waals surface area contributed by atoms with E-state index in [0.29, 0.717) is 0 Å². The lowest BCUT2D eigenvalue weighted by atomic mass is 10.1. The number of rotatable bonds is 3. The molecule has 1 aromatic carbocycles. The zero-order chi connectivity index (χ0) is 10.6. The van der Waals surface area contributed by atoms with Crippen LogP contribution in [0.4, 0.5) is 5.69 Å². The molecule has 4 heteroatoms. The maximum absolute atomic E-state index is 5.75. The van der Waals surface area contributed by atoms with Crippen molar-refractivity contribution in [3.05, 3.63) is 42.2 Å². The maximum Gasteiger partial charge on any atom is 0.0572 e. The van der Waals surface area contributed by atoms with Gasteiger partial charge < -0.3 is 11.5 Å². The predicted molar refractivity (Wildman–Crippen MR) is 59.0 cm³/mol. The van der Waals surface area contributed by atoms with E-state index < -0.39 is 0 Å². The van der Waals surface area contributed by atoms with Crippen molar-refractivity contribution in [2.45, 2.75) is 13.0 Å². The normalized spacial score (nSPS) is 13.1.